The number of hydrogen-bond donors (Lipinski definition) is 1. The van der Waals surface area contributed by atoms with Gasteiger partial charge < -0.3 is 5.11 Å². The van der Waals surface area contributed by atoms with E-state index in [1.54, 1.807) is 0 Å². The van der Waals surface area contributed by atoms with Gasteiger partial charge >= 0.3 is 6.18 Å². The van der Waals surface area contributed by atoms with E-state index >= 15 is 0 Å². The number of aliphatic hydroxyl groups excluding tert-OH is 1. The van der Waals surface area contributed by atoms with Gasteiger partial charge in [-0.25, -0.2) is 0 Å². The Labute approximate surface area is 119 Å². The van der Waals surface area contributed by atoms with Gasteiger partial charge in [-0.3, -0.25) is 0 Å². The Morgan fingerprint density at radius 1 is 1.15 bits per heavy atom. The predicted molar refractivity (Wildman–Crippen MR) is 73.9 cm³/mol. The van der Waals surface area contributed by atoms with Crippen LogP contribution in [0.3, 0.4) is 0 Å². The highest BCUT2D eigenvalue weighted by Crippen LogP contribution is 2.32. The molecule has 0 fully saturated rings. The van der Waals surface area contributed by atoms with Crippen LogP contribution in [-0.4, -0.2) is 5.11 Å². The van der Waals surface area contributed by atoms with Gasteiger partial charge in [-0.2, -0.15) is 13.2 Å². The summed E-state index contributed by atoms with van der Waals surface area (Å²) in [7, 11) is 0. The van der Waals surface area contributed by atoms with Gasteiger partial charge in [0.2, 0.25) is 0 Å². The molecule has 0 bridgehead atoms. The van der Waals surface area contributed by atoms with Crippen LogP contribution in [0.1, 0.15) is 32.5 Å². The first-order valence-electron chi connectivity index (χ1n) is 6.18. The maximum absolute atomic E-state index is 12.5. The molecule has 2 rings (SSSR count). The van der Waals surface area contributed by atoms with Gasteiger partial charge in [-0.15, -0.1) is 11.3 Å². The van der Waals surface area contributed by atoms with E-state index in [1.165, 1.54) is 23.5 Å². The molecule has 1 heterocycles. The third-order valence-corrected chi connectivity index (χ3v) is 4.35. The quantitative estimate of drug-likeness (QED) is 0.874. The normalized spacial score (nSPS) is 13.5. The topological polar surface area (TPSA) is 20.2 Å². The summed E-state index contributed by atoms with van der Waals surface area (Å²) in [5.74, 6) is 0. The van der Waals surface area contributed by atoms with Gasteiger partial charge in [-0.05, 0) is 43.2 Å². The van der Waals surface area contributed by atoms with E-state index in [2.05, 4.69) is 0 Å². The molecule has 20 heavy (non-hydrogen) atoms. The molecule has 1 nitrogen and oxygen atoms in total. The van der Waals surface area contributed by atoms with Crippen molar-refractivity contribution in [3.63, 3.8) is 0 Å². The summed E-state index contributed by atoms with van der Waals surface area (Å²) in [6.07, 6.45) is -4.68. The van der Waals surface area contributed by atoms with Crippen LogP contribution >= 0.6 is 11.3 Å². The number of thiophene rings is 1. The lowest BCUT2D eigenvalue weighted by Crippen LogP contribution is -2.05. The summed E-state index contributed by atoms with van der Waals surface area (Å²) in [5, 5.41) is 10.2. The largest absolute Gasteiger partial charge is 0.416 e. The number of benzene rings is 1. The number of hydrogen-bond acceptors (Lipinski definition) is 2. The van der Waals surface area contributed by atoms with Gasteiger partial charge in [-0.1, -0.05) is 12.1 Å². The number of aryl methyl sites for hydroxylation is 2. The zero-order valence-electron chi connectivity index (χ0n) is 11.2. The third kappa shape index (κ3) is 3.41. The number of alkyl halides is 3. The molecule has 1 atom stereocenters. The van der Waals surface area contributed by atoms with Gasteiger partial charge in [0.05, 0.1) is 11.7 Å². The molecular weight excluding hydrogens is 285 g/mol. The average Bonchev–Trinajstić information content (AvgIpc) is 2.68. The van der Waals surface area contributed by atoms with E-state index in [0.29, 0.717) is 12.0 Å². The molecule has 0 saturated heterocycles. The smallest absolute Gasteiger partial charge is 0.387 e. The van der Waals surface area contributed by atoms with Crippen LogP contribution in [0.5, 0.6) is 0 Å². The average molecular weight is 300 g/mol. The molecule has 0 amide bonds. The van der Waals surface area contributed by atoms with Gasteiger partial charge in [0.15, 0.2) is 0 Å². The van der Waals surface area contributed by atoms with Gasteiger partial charge in [0, 0.05) is 16.2 Å². The summed E-state index contributed by atoms with van der Waals surface area (Å²) in [5.41, 5.74) is 1.04. The van der Waals surface area contributed by atoms with Gasteiger partial charge in [0.1, 0.15) is 0 Å². The molecular formula is C15H15F3OS. The molecule has 0 saturated carbocycles. The third-order valence-electron chi connectivity index (χ3n) is 3.09. The molecule has 0 spiro atoms. The Balaban J connectivity index is 2.12. The second-order valence-electron chi connectivity index (χ2n) is 4.82. The van der Waals surface area contributed by atoms with Crippen LogP contribution in [-0.2, 0) is 12.6 Å². The second-order valence-corrected chi connectivity index (χ2v) is 6.11. The van der Waals surface area contributed by atoms with Crippen molar-refractivity contribution in [2.75, 3.05) is 0 Å². The van der Waals surface area contributed by atoms with Crippen molar-refractivity contribution in [1.82, 2.24) is 0 Å². The molecule has 1 N–H and O–H groups in total. The minimum absolute atomic E-state index is 0.318. The fraction of sp³-hybridized carbons (Fsp3) is 0.333. The molecule has 1 aromatic heterocycles. The summed E-state index contributed by atoms with van der Waals surface area (Å²) < 4.78 is 37.4. The highest BCUT2D eigenvalue weighted by molar-refractivity contribution is 7.12. The Morgan fingerprint density at radius 3 is 2.20 bits per heavy atom. The molecule has 2 aromatic rings. The van der Waals surface area contributed by atoms with Crippen LogP contribution in [0.4, 0.5) is 13.2 Å². The fourth-order valence-corrected chi connectivity index (χ4v) is 3.16. The minimum atomic E-state index is -4.32. The van der Waals surface area contributed by atoms with Crippen molar-refractivity contribution in [3.8, 4) is 0 Å². The standard InChI is InChI=1S/C15H15F3OS/c1-9-7-10(2)20-14(9)13(19)8-11-3-5-12(6-4-11)15(16,17)18/h3-7,13,19H,8H2,1-2H3. The molecule has 0 radical (unpaired) electrons. The summed E-state index contributed by atoms with van der Waals surface area (Å²) >= 11 is 1.52. The van der Waals surface area contributed by atoms with Gasteiger partial charge in [0.25, 0.3) is 0 Å². The molecule has 0 aliphatic carbocycles. The Bertz CT molecular complexity index is 584. The zero-order valence-corrected chi connectivity index (χ0v) is 12.0. The maximum Gasteiger partial charge on any atom is 0.416 e. The van der Waals surface area contributed by atoms with Crippen molar-refractivity contribution >= 4 is 11.3 Å². The lowest BCUT2D eigenvalue weighted by Gasteiger charge is -2.11. The zero-order chi connectivity index (χ0) is 14.9. The molecule has 1 aromatic carbocycles. The molecule has 1 unspecified atom stereocenters. The molecule has 0 aliphatic heterocycles. The summed E-state index contributed by atoms with van der Waals surface area (Å²) in [6, 6.07) is 6.93. The maximum atomic E-state index is 12.5. The molecule has 108 valence electrons. The lowest BCUT2D eigenvalue weighted by atomic mass is 10.0. The predicted octanol–water partition coefficient (Wildman–Crippen LogP) is 4.66. The minimum Gasteiger partial charge on any atom is -0.387 e. The van der Waals surface area contributed by atoms with Crippen molar-refractivity contribution < 1.29 is 18.3 Å². The van der Waals surface area contributed by atoms with E-state index in [-0.39, 0.29) is 0 Å². The van der Waals surface area contributed by atoms with Crippen LogP contribution in [0.25, 0.3) is 0 Å². The van der Waals surface area contributed by atoms with Crippen molar-refractivity contribution in [2.24, 2.45) is 0 Å². The van der Waals surface area contributed by atoms with Crippen LogP contribution in [0.2, 0.25) is 0 Å². The molecule has 5 heteroatoms. The Morgan fingerprint density at radius 2 is 1.75 bits per heavy atom. The first-order valence-corrected chi connectivity index (χ1v) is 7.00. The van der Waals surface area contributed by atoms with E-state index in [4.69, 9.17) is 0 Å². The first-order chi connectivity index (χ1) is 9.27. The highest BCUT2D eigenvalue weighted by atomic mass is 32.1. The fourth-order valence-electron chi connectivity index (χ4n) is 2.14. The lowest BCUT2D eigenvalue weighted by molar-refractivity contribution is -0.137. The van der Waals surface area contributed by atoms with E-state index in [9.17, 15) is 18.3 Å². The van der Waals surface area contributed by atoms with Crippen molar-refractivity contribution in [3.05, 3.63) is 56.8 Å². The Kier molecular flexibility index (Phi) is 4.20. The Hall–Kier alpha value is -1.33. The van der Waals surface area contributed by atoms with Crippen LogP contribution < -0.4 is 0 Å². The summed E-state index contributed by atoms with van der Waals surface area (Å²) in [6.45, 7) is 3.89. The molecule has 0 aliphatic rings. The van der Waals surface area contributed by atoms with Crippen LogP contribution in [0.15, 0.2) is 30.3 Å². The monoisotopic (exact) mass is 300 g/mol. The number of halogens is 3. The highest BCUT2D eigenvalue weighted by Gasteiger charge is 2.30. The van der Waals surface area contributed by atoms with E-state index in [0.717, 1.165) is 27.5 Å². The number of rotatable bonds is 3. The number of aliphatic hydroxyl groups is 1. The second kappa shape index (κ2) is 5.58. The van der Waals surface area contributed by atoms with Crippen molar-refractivity contribution in [1.29, 1.82) is 0 Å². The summed E-state index contributed by atoms with van der Waals surface area (Å²) in [4.78, 5) is 1.99. The first kappa shape index (κ1) is 15.1. The van der Waals surface area contributed by atoms with Crippen molar-refractivity contribution in [2.45, 2.75) is 32.5 Å². The SMILES string of the molecule is Cc1cc(C)c(C(O)Cc2ccc(C(F)(F)F)cc2)s1. The van der Waals surface area contributed by atoms with E-state index in [1.807, 2.05) is 19.9 Å². The van der Waals surface area contributed by atoms with Crippen LogP contribution in [0, 0.1) is 13.8 Å². The van der Waals surface area contributed by atoms with E-state index < -0.39 is 17.8 Å².